The van der Waals surface area contributed by atoms with Gasteiger partial charge < -0.3 is 15.6 Å². The summed E-state index contributed by atoms with van der Waals surface area (Å²) in [5, 5.41) is 29.1. The van der Waals surface area contributed by atoms with E-state index in [4.69, 9.17) is 0 Å². The van der Waals surface area contributed by atoms with Crippen LogP contribution in [0.3, 0.4) is 0 Å². The van der Waals surface area contributed by atoms with Gasteiger partial charge in [-0.05, 0) is 47.7 Å². The summed E-state index contributed by atoms with van der Waals surface area (Å²) in [6.07, 6.45) is 1.04. The number of H-pyrrole nitrogens is 2. The molecule has 188 valence electrons. The first-order chi connectivity index (χ1) is 18.2. The summed E-state index contributed by atoms with van der Waals surface area (Å²) in [5.74, 6) is -0.898. The lowest BCUT2D eigenvalue weighted by atomic mass is 10.1. The largest absolute Gasteiger partial charge is 0.349 e. The van der Waals surface area contributed by atoms with Gasteiger partial charge in [-0.15, -0.1) is 10.2 Å². The molecule has 4 N–H and O–H groups in total. The van der Waals surface area contributed by atoms with Crippen molar-refractivity contribution in [3.05, 3.63) is 83.6 Å². The smallest absolute Gasteiger partial charge is 0.272 e. The Hall–Kier alpha value is -5.35. The molecule has 0 saturated heterocycles. The lowest BCUT2D eigenvalue weighted by molar-refractivity contribution is 0.101. The topological polar surface area (TPSA) is 186 Å². The minimum absolute atomic E-state index is 0.00587. The summed E-state index contributed by atoms with van der Waals surface area (Å²) in [7, 11) is -3.63. The molecular weight excluding hydrogens is 508 g/mol. The summed E-state index contributed by atoms with van der Waals surface area (Å²) in [5.41, 5.74) is 2.15. The highest BCUT2D eigenvalue weighted by atomic mass is 32.2. The number of rotatable bonds is 6. The van der Waals surface area contributed by atoms with E-state index in [0.29, 0.717) is 33.4 Å². The fourth-order valence-corrected chi connectivity index (χ4v) is 4.81. The minimum Gasteiger partial charge on any atom is -0.349 e. The third kappa shape index (κ3) is 4.71. The molecule has 0 bridgehead atoms. The Morgan fingerprint density at radius 1 is 0.947 bits per heavy atom. The van der Waals surface area contributed by atoms with Crippen molar-refractivity contribution in [3.8, 4) is 17.5 Å². The Labute approximate surface area is 215 Å². The maximum atomic E-state index is 13.1. The van der Waals surface area contributed by atoms with E-state index in [1.165, 1.54) is 18.2 Å². The molecule has 0 aliphatic rings. The van der Waals surface area contributed by atoms with Crippen molar-refractivity contribution in [2.24, 2.45) is 0 Å². The predicted octanol–water partition coefficient (Wildman–Crippen LogP) is 3.13. The van der Waals surface area contributed by atoms with Gasteiger partial charge in [-0.1, -0.05) is 24.3 Å². The van der Waals surface area contributed by atoms with Crippen LogP contribution in [-0.4, -0.2) is 52.1 Å². The molecular formula is C25H18N8O4S. The van der Waals surface area contributed by atoms with Crippen LogP contribution in [0.15, 0.2) is 71.6 Å². The van der Waals surface area contributed by atoms with Gasteiger partial charge in [0.25, 0.3) is 11.8 Å². The molecule has 5 aromatic rings. The van der Waals surface area contributed by atoms with Crippen LogP contribution in [0.2, 0.25) is 0 Å². The van der Waals surface area contributed by atoms with Crippen LogP contribution in [0.4, 0.5) is 11.4 Å². The zero-order valence-corrected chi connectivity index (χ0v) is 20.5. The highest BCUT2D eigenvalue weighted by Crippen LogP contribution is 2.28. The second-order valence-corrected chi connectivity index (χ2v) is 10.2. The number of hydrogen-bond donors (Lipinski definition) is 4. The van der Waals surface area contributed by atoms with E-state index in [0.717, 1.165) is 6.26 Å². The maximum absolute atomic E-state index is 13.1. The fourth-order valence-electron chi connectivity index (χ4n) is 3.92. The second-order valence-electron chi connectivity index (χ2n) is 8.24. The molecule has 0 aliphatic heterocycles. The molecule has 0 radical (unpaired) electrons. The van der Waals surface area contributed by atoms with Gasteiger partial charge in [0.2, 0.25) is 5.82 Å². The van der Waals surface area contributed by atoms with Crippen LogP contribution in [0.1, 0.15) is 26.4 Å². The quantitative estimate of drug-likeness (QED) is 0.260. The van der Waals surface area contributed by atoms with Crippen molar-refractivity contribution in [3.63, 3.8) is 0 Å². The summed E-state index contributed by atoms with van der Waals surface area (Å²) in [4.78, 5) is 29.1. The van der Waals surface area contributed by atoms with E-state index in [1.54, 1.807) is 48.5 Å². The van der Waals surface area contributed by atoms with Crippen molar-refractivity contribution < 1.29 is 18.0 Å². The molecule has 38 heavy (non-hydrogen) atoms. The third-order valence-corrected chi connectivity index (χ3v) is 6.82. The van der Waals surface area contributed by atoms with Gasteiger partial charge in [0.05, 0.1) is 39.0 Å². The molecule has 0 unspecified atom stereocenters. The number of sulfone groups is 1. The van der Waals surface area contributed by atoms with Crippen LogP contribution in [-0.2, 0) is 9.84 Å². The van der Waals surface area contributed by atoms with Crippen LogP contribution in [0, 0.1) is 11.3 Å². The number of carbonyl (C=O) groups excluding carboxylic acids is 2. The Morgan fingerprint density at radius 3 is 2.47 bits per heavy atom. The maximum Gasteiger partial charge on any atom is 0.272 e. The number of nitriles is 1. The number of carbonyl (C=O) groups is 2. The Morgan fingerprint density at radius 2 is 1.74 bits per heavy atom. The highest BCUT2D eigenvalue weighted by molar-refractivity contribution is 7.90. The lowest BCUT2D eigenvalue weighted by Gasteiger charge is -2.10. The van der Waals surface area contributed by atoms with E-state index in [2.05, 4.69) is 36.2 Å². The number of nitrogens with one attached hydrogen (secondary N) is 4. The number of benzene rings is 3. The number of aromatic amines is 2. The lowest BCUT2D eigenvalue weighted by Crippen LogP contribution is -2.16. The van der Waals surface area contributed by atoms with E-state index in [1.807, 2.05) is 6.07 Å². The van der Waals surface area contributed by atoms with E-state index in [9.17, 15) is 23.3 Å². The highest BCUT2D eigenvalue weighted by Gasteiger charge is 2.20. The van der Waals surface area contributed by atoms with E-state index < -0.39 is 21.7 Å². The summed E-state index contributed by atoms with van der Waals surface area (Å²) >= 11 is 0. The van der Waals surface area contributed by atoms with Gasteiger partial charge in [-0.3, -0.25) is 9.59 Å². The number of nitrogens with zero attached hydrogens (tertiary/aromatic N) is 4. The Balaban J connectivity index is 1.45. The first-order valence-corrected chi connectivity index (χ1v) is 13.0. The number of amides is 2. The van der Waals surface area contributed by atoms with Crippen LogP contribution in [0.25, 0.3) is 22.3 Å². The molecule has 13 heteroatoms. The number of aromatic nitrogens is 5. The Bertz CT molecular complexity index is 1850. The van der Waals surface area contributed by atoms with Crippen molar-refractivity contribution in [1.82, 2.24) is 25.6 Å². The average molecular weight is 527 g/mol. The summed E-state index contributed by atoms with van der Waals surface area (Å²) in [6, 6.07) is 19.3. The Kier molecular flexibility index (Phi) is 6.15. The molecule has 0 fully saturated rings. The van der Waals surface area contributed by atoms with Gasteiger partial charge in [-0.25, -0.2) is 8.42 Å². The number of tetrazole rings is 1. The SMILES string of the molecule is CS(=O)(=O)c1ccccc1C(=O)Nc1cccc2cc(C(=O)Nc3ccc(C#N)cc3-c3nn[nH]n3)[nH]c12. The number of anilines is 2. The van der Waals surface area contributed by atoms with E-state index in [-0.39, 0.29) is 22.0 Å². The molecule has 0 saturated carbocycles. The standard InChI is InChI=1S/C25H18N8O4S/c1-38(36,37)21-8-3-2-6-16(21)24(34)29-19-7-4-5-15-12-20(27-22(15)19)25(35)28-18-10-9-14(13-26)11-17(18)23-30-32-33-31-23/h2-12,27H,1H3,(H,28,35)(H,29,34)(H,30,31,32,33). The van der Waals surface area contributed by atoms with Gasteiger partial charge in [0.1, 0.15) is 5.69 Å². The minimum atomic E-state index is -3.63. The van der Waals surface area contributed by atoms with Crippen molar-refractivity contribution in [2.45, 2.75) is 4.90 Å². The van der Waals surface area contributed by atoms with Crippen molar-refractivity contribution in [1.29, 1.82) is 5.26 Å². The molecule has 0 aliphatic carbocycles. The molecule has 5 rings (SSSR count). The molecule has 0 spiro atoms. The molecule has 2 amide bonds. The number of hydrogen-bond acceptors (Lipinski definition) is 8. The monoisotopic (exact) mass is 526 g/mol. The van der Waals surface area contributed by atoms with Crippen molar-refractivity contribution >= 4 is 43.9 Å². The third-order valence-electron chi connectivity index (χ3n) is 5.66. The van der Waals surface area contributed by atoms with Gasteiger partial charge in [0, 0.05) is 17.2 Å². The van der Waals surface area contributed by atoms with Gasteiger partial charge >= 0.3 is 0 Å². The van der Waals surface area contributed by atoms with Crippen LogP contribution in [0.5, 0.6) is 0 Å². The molecule has 2 aromatic heterocycles. The molecule has 12 nitrogen and oxygen atoms in total. The number of para-hydroxylation sites is 1. The number of fused-ring (bicyclic) bond motifs is 1. The van der Waals surface area contributed by atoms with Crippen LogP contribution < -0.4 is 10.6 Å². The fraction of sp³-hybridized carbons (Fsp3) is 0.0400. The zero-order valence-electron chi connectivity index (χ0n) is 19.7. The van der Waals surface area contributed by atoms with E-state index >= 15 is 0 Å². The van der Waals surface area contributed by atoms with Gasteiger partial charge in [0.15, 0.2) is 9.84 Å². The normalized spacial score (nSPS) is 11.2. The van der Waals surface area contributed by atoms with Crippen molar-refractivity contribution in [2.75, 3.05) is 16.9 Å². The van der Waals surface area contributed by atoms with Gasteiger partial charge in [-0.2, -0.15) is 10.5 Å². The molecule has 2 heterocycles. The molecule has 0 atom stereocenters. The average Bonchev–Trinajstić information content (AvgIpc) is 3.59. The molecule has 3 aromatic carbocycles. The van der Waals surface area contributed by atoms with Crippen LogP contribution >= 0.6 is 0 Å². The first kappa shape index (κ1) is 24.3. The first-order valence-electron chi connectivity index (χ1n) is 11.1. The summed E-state index contributed by atoms with van der Waals surface area (Å²) in [6.45, 7) is 0. The summed E-state index contributed by atoms with van der Waals surface area (Å²) < 4.78 is 24.3. The predicted molar refractivity (Wildman–Crippen MR) is 138 cm³/mol. The zero-order chi connectivity index (χ0) is 26.9. The second kappa shape index (κ2) is 9.60.